The van der Waals surface area contributed by atoms with E-state index in [1.54, 1.807) is 0 Å². The average Bonchev–Trinajstić information content (AvgIpc) is 2.33. The number of rotatable bonds is 2. The smallest absolute Gasteiger partial charge is 0.0952 e. The molecule has 2 aliphatic rings. The second kappa shape index (κ2) is 0.984. The molecule has 0 atom stereocenters. The number of hydrogen-bond donors (Lipinski definition) is 0. The van der Waals surface area contributed by atoms with Crippen LogP contribution in [0.4, 0.5) is 0 Å². The molecule has 0 bridgehead atoms. The number of hydrogen-bond acceptors (Lipinski definition) is 1. The van der Waals surface area contributed by atoms with E-state index in [-0.39, 0.29) is 0 Å². The third kappa shape index (κ3) is 0.722. The van der Waals surface area contributed by atoms with Crippen LogP contribution in [0.3, 0.4) is 0 Å². The highest BCUT2D eigenvalue weighted by Crippen LogP contribution is 2.19. The largest absolute Gasteiger partial charge is 0.359 e. The molecule has 0 spiro atoms. The Morgan fingerprint density at radius 2 is 1.29 bits per heavy atom. The van der Waals surface area contributed by atoms with Gasteiger partial charge in [-0.05, 0) is 0 Å². The van der Waals surface area contributed by atoms with Crippen LogP contribution in [0, 0.1) is 0 Å². The van der Waals surface area contributed by atoms with Gasteiger partial charge in [-0.15, -0.1) is 0 Å². The first-order chi connectivity index (χ1) is 3.45. The lowest BCUT2D eigenvalue weighted by molar-refractivity contribution is 0.136. The summed E-state index contributed by atoms with van der Waals surface area (Å²) in [5.74, 6) is 0. The molecular formula is C6H6O. The van der Waals surface area contributed by atoms with Crippen LogP contribution >= 0.6 is 0 Å². The van der Waals surface area contributed by atoms with Gasteiger partial charge in [-0.1, -0.05) is 24.3 Å². The van der Waals surface area contributed by atoms with Crippen LogP contribution in [0.5, 0.6) is 0 Å². The molecule has 0 saturated heterocycles. The van der Waals surface area contributed by atoms with Gasteiger partial charge in [0.05, 0.1) is 12.2 Å². The second-order valence-corrected chi connectivity index (χ2v) is 1.84. The first kappa shape index (κ1) is 3.44. The third-order valence-corrected chi connectivity index (χ3v) is 1.01. The van der Waals surface area contributed by atoms with Gasteiger partial charge < -0.3 is 4.74 Å². The predicted molar refractivity (Wildman–Crippen MR) is 26.9 cm³/mol. The van der Waals surface area contributed by atoms with E-state index in [4.69, 9.17) is 4.74 Å². The van der Waals surface area contributed by atoms with Crippen LogP contribution in [0.2, 0.25) is 0 Å². The van der Waals surface area contributed by atoms with E-state index >= 15 is 0 Å². The Balaban J connectivity index is 1.72. The fraction of sp³-hybridized carbons (Fsp3) is 0.333. The second-order valence-electron chi connectivity index (χ2n) is 1.84. The molecule has 0 aromatic heterocycles. The fourth-order valence-electron chi connectivity index (χ4n) is 0.454. The van der Waals surface area contributed by atoms with Gasteiger partial charge in [0.2, 0.25) is 0 Å². The zero-order chi connectivity index (χ0) is 4.69. The Morgan fingerprint density at radius 3 is 1.57 bits per heavy atom. The Hall–Kier alpha value is -0.560. The van der Waals surface area contributed by atoms with E-state index < -0.39 is 0 Å². The maximum atomic E-state index is 5.25. The van der Waals surface area contributed by atoms with Crippen LogP contribution in [-0.2, 0) is 4.74 Å². The maximum Gasteiger partial charge on any atom is 0.0952 e. The molecule has 0 fully saturated rings. The monoisotopic (exact) mass is 94.0 g/mol. The molecule has 0 saturated carbocycles. The molecule has 0 heterocycles. The molecule has 0 aromatic carbocycles. The van der Waals surface area contributed by atoms with Crippen molar-refractivity contribution in [2.45, 2.75) is 12.2 Å². The topological polar surface area (TPSA) is 9.23 Å². The summed E-state index contributed by atoms with van der Waals surface area (Å²) in [5, 5.41) is 0. The van der Waals surface area contributed by atoms with Crippen molar-refractivity contribution in [3.05, 3.63) is 24.3 Å². The molecule has 0 aliphatic heterocycles. The molecule has 0 amide bonds. The Kier molecular flexibility index (Phi) is 0.484. The van der Waals surface area contributed by atoms with Crippen molar-refractivity contribution in [3.63, 3.8) is 0 Å². The molecule has 7 heavy (non-hydrogen) atoms. The summed E-state index contributed by atoms with van der Waals surface area (Å²) < 4.78 is 5.25. The highest BCUT2D eigenvalue weighted by atomic mass is 16.5. The first-order valence-corrected chi connectivity index (χ1v) is 2.47. The lowest BCUT2D eigenvalue weighted by atomic mass is 10.7. The van der Waals surface area contributed by atoms with Crippen LogP contribution in [0.25, 0.3) is 0 Å². The van der Waals surface area contributed by atoms with Gasteiger partial charge in [0, 0.05) is 0 Å². The average molecular weight is 94.1 g/mol. The minimum absolute atomic E-state index is 0.375. The highest BCUT2D eigenvalue weighted by Gasteiger charge is 2.19. The SMILES string of the molecule is C1=CC1OC1C=C1. The molecule has 2 rings (SSSR count). The summed E-state index contributed by atoms with van der Waals surface area (Å²) in [6.45, 7) is 0. The van der Waals surface area contributed by atoms with Gasteiger partial charge in [-0.3, -0.25) is 0 Å². The summed E-state index contributed by atoms with van der Waals surface area (Å²) in [7, 11) is 0. The molecule has 0 aromatic rings. The molecule has 2 aliphatic carbocycles. The van der Waals surface area contributed by atoms with Crippen LogP contribution in [-0.4, -0.2) is 12.2 Å². The van der Waals surface area contributed by atoms with Crippen molar-refractivity contribution in [2.24, 2.45) is 0 Å². The van der Waals surface area contributed by atoms with Gasteiger partial charge in [0.1, 0.15) is 0 Å². The Bertz CT molecular complexity index is 107. The molecule has 1 nitrogen and oxygen atoms in total. The van der Waals surface area contributed by atoms with Crippen LogP contribution in [0.15, 0.2) is 24.3 Å². The minimum Gasteiger partial charge on any atom is -0.359 e. The molecule has 0 radical (unpaired) electrons. The summed E-state index contributed by atoms with van der Waals surface area (Å²) in [6.07, 6.45) is 8.92. The van der Waals surface area contributed by atoms with Gasteiger partial charge in [0.25, 0.3) is 0 Å². The summed E-state index contributed by atoms with van der Waals surface area (Å²) in [5.41, 5.74) is 0. The summed E-state index contributed by atoms with van der Waals surface area (Å²) in [4.78, 5) is 0. The van der Waals surface area contributed by atoms with Crippen LogP contribution < -0.4 is 0 Å². The van der Waals surface area contributed by atoms with Crippen molar-refractivity contribution < 1.29 is 4.74 Å². The predicted octanol–water partition coefficient (Wildman–Crippen LogP) is 0.880. The van der Waals surface area contributed by atoms with E-state index in [0.29, 0.717) is 12.2 Å². The molecule has 36 valence electrons. The van der Waals surface area contributed by atoms with E-state index in [0.717, 1.165) is 0 Å². The van der Waals surface area contributed by atoms with E-state index in [1.807, 2.05) is 24.3 Å². The lowest BCUT2D eigenvalue weighted by Crippen LogP contribution is -1.97. The lowest BCUT2D eigenvalue weighted by Gasteiger charge is -1.94. The maximum absolute atomic E-state index is 5.25. The first-order valence-electron chi connectivity index (χ1n) is 2.47. The van der Waals surface area contributed by atoms with Gasteiger partial charge >= 0.3 is 0 Å². The summed E-state index contributed by atoms with van der Waals surface area (Å²) >= 11 is 0. The molecule has 0 unspecified atom stereocenters. The quantitative estimate of drug-likeness (QED) is 0.461. The van der Waals surface area contributed by atoms with Gasteiger partial charge in [0.15, 0.2) is 0 Å². The Morgan fingerprint density at radius 1 is 0.857 bits per heavy atom. The third-order valence-electron chi connectivity index (χ3n) is 1.01. The van der Waals surface area contributed by atoms with Gasteiger partial charge in [-0.2, -0.15) is 0 Å². The van der Waals surface area contributed by atoms with Crippen molar-refractivity contribution in [3.8, 4) is 0 Å². The standard InChI is InChI=1S/C6H6O/c1-2-5(1)7-6-3-4-6/h1-6H. The van der Waals surface area contributed by atoms with Gasteiger partial charge in [-0.25, -0.2) is 0 Å². The van der Waals surface area contributed by atoms with E-state index in [9.17, 15) is 0 Å². The minimum atomic E-state index is 0.375. The summed E-state index contributed by atoms with van der Waals surface area (Å²) in [6, 6.07) is 0. The highest BCUT2D eigenvalue weighted by molar-refractivity contribution is 5.22. The van der Waals surface area contributed by atoms with E-state index in [1.165, 1.54) is 0 Å². The molecule has 1 heteroatoms. The number of ether oxygens (including phenoxy) is 1. The molecule has 0 N–H and O–H groups in total. The van der Waals surface area contributed by atoms with E-state index in [2.05, 4.69) is 0 Å². The van der Waals surface area contributed by atoms with Crippen LogP contribution in [0.1, 0.15) is 0 Å². The Labute approximate surface area is 42.3 Å². The van der Waals surface area contributed by atoms with Crippen molar-refractivity contribution in [2.75, 3.05) is 0 Å². The normalized spacial score (nSPS) is 26.3. The zero-order valence-electron chi connectivity index (χ0n) is 3.87. The zero-order valence-corrected chi connectivity index (χ0v) is 3.87. The molecular weight excluding hydrogens is 88.1 g/mol. The van der Waals surface area contributed by atoms with Crippen molar-refractivity contribution >= 4 is 0 Å². The fourth-order valence-corrected chi connectivity index (χ4v) is 0.454. The van der Waals surface area contributed by atoms with Crippen molar-refractivity contribution in [1.82, 2.24) is 0 Å². The van der Waals surface area contributed by atoms with Crippen molar-refractivity contribution in [1.29, 1.82) is 0 Å².